The van der Waals surface area contributed by atoms with Gasteiger partial charge in [-0.05, 0) is 51.7 Å². The van der Waals surface area contributed by atoms with Crippen LogP contribution in [0.5, 0.6) is 0 Å². The Morgan fingerprint density at radius 3 is 2.46 bits per heavy atom. The topological polar surface area (TPSA) is 70.8 Å². The van der Waals surface area contributed by atoms with Crippen LogP contribution in [0.15, 0.2) is 16.5 Å². The van der Waals surface area contributed by atoms with E-state index in [9.17, 15) is 14.7 Å². The highest BCUT2D eigenvalue weighted by Gasteiger charge is 2.35. The number of carboxylic acid groups (broad SMARTS) is 1. The fourth-order valence-corrected chi connectivity index (χ4v) is 3.60. The number of hydrogen-bond donors (Lipinski definition) is 1. The van der Waals surface area contributed by atoms with Crippen molar-refractivity contribution in [1.29, 1.82) is 0 Å². The third-order valence-corrected chi connectivity index (χ3v) is 5.17. The van der Waals surface area contributed by atoms with Gasteiger partial charge in [-0.1, -0.05) is 12.1 Å². The lowest BCUT2D eigenvalue weighted by Crippen LogP contribution is -2.47. The van der Waals surface area contributed by atoms with Gasteiger partial charge in [0.1, 0.15) is 5.58 Å². The molecule has 0 spiro atoms. The molecule has 3 rings (SSSR count). The molecule has 24 heavy (non-hydrogen) atoms. The molecule has 0 radical (unpaired) electrons. The monoisotopic (exact) mass is 329 g/mol. The van der Waals surface area contributed by atoms with Gasteiger partial charge in [-0.15, -0.1) is 0 Å². The zero-order valence-electron chi connectivity index (χ0n) is 14.5. The maximum atomic E-state index is 13.0. The number of piperidine rings is 1. The highest BCUT2D eigenvalue weighted by atomic mass is 16.4. The van der Waals surface area contributed by atoms with Crippen LogP contribution in [0, 0.1) is 26.7 Å². The van der Waals surface area contributed by atoms with E-state index in [2.05, 4.69) is 0 Å². The van der Waals surface area contributed by atoms with Crippen LogP contribution in [0.2, 0.25) is 0 Å². The minimum absolute atomic E-state index is 0.0166. The first kappa shape index (κ1) is 16.6. The van der Waals surface area contributed by atoms with Crippen molar-refractivity contribution in [2.45, 2.75) is 46.6 Å². The van der Waals surface area contributed by atoms with Gasteiger partial charge >= 0.3 is 5.97 Å². The standard InChI is InChI=1S/C19H23NO4/c1-10-5-6-11(2)16-15(10)13(4)17(24-16)18(21)20-9-14(19(22)23)8-7-12(20)3/h5-6,12,14H,7-9H2,1-4H3,(H,22,23). The summed E-state index contributed by atoms with van der Waals surface area (Å²) in [5, 5.41) is 10.3. The Bertz CT molecular complexity index is 820. The van der Waals surface area contributed by atoms with Crippen LogP contribution >= 0.6 is 0 Å². The minimum Gasteiger partial charge on any atom is -0.481 e. The number of fused-ring (bicyclic) bond motifs is 1. The second-order valence-electron chi connectivity index (χ2n) is 6.88. The molecule has 1 saturated heterocycles. The van der Waals surface area contributed by atoms with Crippen LogP contribution < -0.4 is 0 Å². The molecule has 1 aromatic carbocycles. The van der Waals surface area contributed by atoms with E-state index in [0.29, 0.717) is 18.6 Å². The molecule has 2 aromatic rings. The van der Waals surface area contributed by atoms with Crippen LogP contribution in [0.3, 0.4) is 0 Å². The SMILES string of the molecule is Cc1ccc(C)c2c(C)c(C(=O)N3CC(C(=O)O)CCC3C)oc12. The molecule has 2 heterocycles. The van der Waals surface area contributed by atoms with Crippen LogP contribution in [0.4, 0.5) is 0 Å². The number of likely N-dealkylation sites (tertiary alicyclic amines) is 1. The fraction of sp³-hybridized carbons (Fsp3) is 0.474. The number of amides is 1. The lowest BCUT2D eigenvalue weighted by molar-refractivity contribution is -0.143. The highest BCUT2D eigenvalue weighted by Crippen LogP contribution is 2.33. The first-order chi connectivity index (χ1) is 11.3. The molecule has 0 bridgehead atoms. The number of carboxylic acids is 1. The molecule has 1 aliphatic rings. The van der Waals surface area contributed by atoms with Gasteiger partial charge in [0, 0.05) is 23.5 Å². The Morgan fingerprint density at radius 2 is 1.83 bits per heavy atom. The summed E-state index contributed by atoms with van der Waals surface area (Å²) in [6.07, 6.45) is 1.30. The van der Waals surface area contributed by atoms with E-state index in [1.165, 1.54) is 0 Å². The Hall–Kier alpha value is -2.30. The van der Waals surface area contributed by atoms with Gasteiger partial charge in [0.25, 0.3) is 5.91 Å². The Morgan fingerprint density at radius 1 is 1.17 bits per heavy atom. The zero-order valence-corrected chi connectivity index (χ0v) is 14.5. The molecule has 128 valence electrons. The van der Waals surface area contributed by atoms with Crippen LogP contribution in [0.1, 0.15) is 47.0 Å². The molecular weight excluding hydrogens is 306 g/mol. The predicted molar refractivity (Wildman–Crippen MR) is 91.3 cm³/mol. The summed E-state index contributed by atoms with van der Waals surface area (Å²) in [5.41, 5.74) is 3.65. The van der Waals surface area contributed by atoms with E-state index < -0.39 is 11.9 Å². The average molecular weight is 329 g/mol. The largest absolute Gasteiger partial charge is 0.481 e. The van der Waals surface area contributed by atoms with E-state index in [-0.39, 0.29) is 18.5 Å². The van der Waals surface area contributed by atoms with Crippen LogP contribution in [-0.2, 0) is 4.79 Å². The quantitative estimate of drug-likeness (QED) is 0.912. The van der Waals surface area contributed by atoms with E-state index in [1.54, 1.807) is 4.90 Å². The van der Waals surface area contributed by atoms with Crippen molar-refractivity contribution < 1.29 is 19.1 Å². The van der Waals surface area contributed by atoms with Crippen molar-refractivity contribution in [1.82, 2.24) is 4.90 Å². The first-order valence-corrected chi connectivity index (χ1v) is 8.34. The number of carbonyl (C=O) groups is 2. The number of hydrogen-bond acceptors (Lipinski definition) is 3. The van der Waals surface area contributed by atoms with Gasteiger partial charge in [0.15, 0.2) is 5.76 Å². The van der Waals surface area contributed by atoms with Crippen molar-refractivity contribution in [3.8, 4) is 0 Å². The van der Waals surface area contributed by atoms with Crippen LogP contribution in [-0.4, -0.2) is 34.5 Å². The molecule has 1 N–H and O–H groups in total. The van der Waals surface area contributed by atoms with Crippen molar-refractivity contribution >= 4 is 22.8 Å². The number of aliphatic carboxylic acids is 1. The van der Waals surface area contributed by atoms with Gasteiger partial charge in [-0.2, -0.15) is 0 Å². The zero-order chi connectivity index (χ0) is 17.6. The highest BCUT2D eigenvalue weighted by molar-refractivity contribution is 6.00. The molecule has 1 aromatic heterocycles. The molecule has 0 saturated carbocycles. The minimum atomic E-state index is -0.840. The molecule has 5 heteroatoms. The smallest absolute Gasteiger partial charge is 0.308 e. The van der Waals surface area contributed by atoms with E-state index in [0.717, 1.165) is 27.7 Å². The third-order valence-electron chi connectivity index (χ3n) is 5.17. The summed E-state index contributed by atoms with van der Waals surface area (Å²) >= 11 is 0. The number of furan rings is 1. The molecule has 1 fully saturated rings. The van der Waals surface area contributed by atoms with Crippen molar-refractivity contribution in [2.24, 2.45) is 5.92 Å². The van der Waals surface area contributed by atoms with Crippen molar-refractivity contribution in [2.75, 3.05) is 6.54 Å². The second kappa shape index (κ2) is 5.96. The van der Waals surface area contributed by atoms with Crippen LogP contribution in [0.25, 0.3) is 11.0 Å². The molecule has 5 nitrogen and oxygen atoms in total. The summed E-state index contributed by atoms with van der Waals surface area (Å²) in [5.74, 6) is -1.22. The van der Waals surface area contributed by atoms with E-state index in [1.807, 2.05) is 39.8 Å². The summed E-state index contributed by atoms with van der Waals surface area (Å²) in [4.78, 5) is 26.0. The fourth-order valence-electron chi connectivity index (χ4n) is 3.60. The van der Waals surface area contributed by atoms with Gasteiger partial charge in [0.2, 0.25) is 0 Å². The molecule has 0 aliphatic carbocycles. The number of carbonyl (C=O) groups excluding carboxylic acids is 1. The summed E-state index contributed by atoms with van der Waals surface area (Å²) in [6, 6.07) is 4.03. The summed E-state index contributed by atoms with van der Waals surface area (Å²) in [6.45, 7) is 8.06. The van der Waals surface area contributed by atoms with Gasteiger partial charge in [-0.25, -0.2) is 0 Å². The number of aryl methyl sites for hydroxylation is 3. The average Bonchev–Trinajstić information content (AvgIpc) is 2.89. The Balaban J connectivity index is 2.02. The van der Waals surface area contributed by atoms with Gasteiger partial charge < -0.3 is 14.4 Å². The number of rotatable bonds is 2. The summed E-state index contributed by atoms with van der Waals surface area (Å²) < 4.78 is 5.93. The molecule has 2 unspecified atom stereocenters. The van der Waals surface area contributed by atoms with Crippen molar-refractivity contribution in [3.05, 3.63) is 34.6 Å². The molecular formula is C19H23NO4. The maximum absolute atomic E-state index is 13.0. The van der Waals surface area contributed by atoms with Crippen molar-refractivity contribution in [3.63, 3.8) is 0 Å². The maximum Gasteiger partial charge on any atom is 0.308 e. The lowest BCUT2D eigenvalue weighted by Gasteiger charge is -2.36. The predicted octanol–water partition coefficient (Wildman–Crippen LogP) is 3.68. The molecule has 2 atom stereocenters. The Kier molecular flexibility index (Phi) is 4.11. The number of benzene rings is 1. The molecule has 1 aliphatic heterocycles. The van der Waals surface area contributed by atoms with Gasteiger partial charge in [0.05, 0.1) is 5.92 Å². The lowest BCUT2D eigenvalue weighted by atomic mass is 9.93. The van der Waals surface area contributed by atoms with E-state index in [4.69, 9.17) is 4.42 Å². The first-order valence-electron chi connectivity index (χ1n) is 8.34. The third kappa shape index (κ3) is 2.58. The number of nitrogens with zero attached hydrogens (tertiary/aromatic N) is 1. The molecule has 1 amide bonds. The Labute approximate surface area is 141 Å². The second-order valence-corrected chi connectivity index (χ2v) is 6.88. The van der Waals surface area contributed by atoms with E-state index >= 15 is 0 Å². The normalized spacial score (nSPS) is 21.2. The van der Waals surface area contributed by atoms with Gasteiger partial charge in [-0.3, -0.25) is 9.59 Å². The summed E-state index contributed by atoms with van der Waals surface area (Å²) in [7, 11) is 0.